The summed E-state index contributed by atoms with van der Waals surface area (Å²) < 4.78 is 2.07. The van der Waals surface area contributed by atoms with E-state index >= 15 is 0 Å². The zero-order valence-electron chi connectivity index (χ0n) is 17.9. The van der Waals surface area contributed by atoms with E-state index in [4.69, 9.17) is 5.10 Å². The van der Waals surface area contributed by atoms with Crippen molar-refractivity contribution in [3.63, 3.8) is 0 Å². The quantitative estimate of drug-likeness (QED) is 0.384. The molecule has 1 saturated heterocycles. The number of carbonyl (C=O) groups is 1. The van der Waals surface area contributed by atoms with Gasteiger partial charge in [-0.25, -0.2) is 0 Å². The maximum atomic E-state index is 12.0. The molecule has 1 amide bonds. The molecule has 0 radical (unpaired) electrons. The fourth-order valence-electron chi connectivity index (χ4n) is 4.24. The first kappa shape index (κ1) is 20.5. The van der Waals surface area contributed by atoms with Gasteiger partial charge in [0.2, 0.25) is 5.91 Å². The number of nitrogens with zero attached hydrogens (tertiary/aromatic N) is 4. The molecule has 0 unspecified atom stereocenters. The second-order valence-corrected chi connectivity index (χ2v) is 9.21. The van der Waals surface area contributed by atoms with E-state index in [0.29, 0.717) is 6.54 Å². The second kappa shape index (κ2) is 8.63. The summed E-state index contributed by atoms with van der Waals surface area (Å²) in [6, 6.07) is 19.2. The SMILES string of the molecule is C=CC(=O)N1CC[C@@H](n2nc(-c3ccc(Sc4cccc(C)c4)cc3)c3cnccc32)C1. The third kappa shape index (κ3) is 3.94. The Hall–Kier alpha value is -3.38. The summed E-state index contributed by atoms with van der Waals surface area (Å²) in [7, 11) is 0. The monoisotopic (exact) mass is 440 g/mol. The Labute approximate surface area is 191 Å². The maximum absolute atomic E-state index is 12.0. The molecular formula is C26H24N4OS. The number of fused-ring (bicyclic) bond motifs is 1. The zero-order chi connectivity index (χ0) is 22.1. The van der Waals surface area contributed by atoms with Gasteiger partial charge in [-0.15, -0.1) is 0 Å². The number of amides is 1. The summed E-state index contributed by atoms with van der Waals surface area (Å²) in [6.07, 6.45) is 5.94. The molecule has 0 bridgehead atoms. The fraction of sp³-hybridized carbons (Fsp3) is 0.192. The zero-order valence-corrected chi connectivity index (χ0v) is 18.8. The summed E-state index contributed by atoms with van der Waals surface area (Å²) in [5.41, 5.74) is 4.29. The van der Waals surface area contributed by atoms with Crippen LogP contribution in [0, 0.1) is 6.92 Å². The molecule has 0 saturated carbocycles. The average Bonchev–Trinajstić information content (AvgIpc) is 3.44. The maximum Gasteiger partial charge on any atom is 0.246 e. The second-order valence-electron chi connectivity index (χ2n) is 8.06. The van der Waals surface area contributed by atoms with Gasteiger partial charge in [-0.2, -0.15) is 5.10 Å². The van der Waals surface area contributed by atoms with Crippen molar-refractivity contribution in [2.45, 2.75) is 29.2 Å². The van der Waals surface area contributed by atoms with Crippen molar-refractivity contribution >= 4 is 28.6 Å². The highest BCUT2D eigenvalue weighted by atomic mass is 32.2. The molecule has 1 aliphatic heterocycles. The molecule has 0 aliphatic carbocycles. The van der Waals surface area contributed by atoms with Crippen LogP contribution >= 0.6 is 11.8 Å². The van der Waals surface area contributed by atoms with E-state index < -0.39 is 0 Å². The van der Waals surface area contributed by atoms with Gasteiger partial charge in [0.25, 0.3) is 0 Å². The Morgan fingerprint density at radius 1 is 1.16 bits per heavy atom. The van der Waals surface area contributed by atoms with Gasteiger partial charge in [0, 0.05) is 46.2 Å². The van der Waals surface area contributed by atoms with Crippen molar-refractivity contribution in [3.05, 3.63) is 85.2 Å². The summed E-state index contributed by atoms with van der Waals surface area (Å²) in [5, 5.41) is 6.02. The molecule has 6 heteroatoms. The highest BCUT2D eigenvalue weighted by Gasteiger charge is 2.28. The molecule has 1 atom stereocenters. The summed E-state index contributed by atoms with van der Waals surface area (Å²) in [4.78, 5) is 20.6. The fourth-order valence-corrected chi connectivity index (χ4v) is 5.18. The molecule has 2 aromatic carbocycles. The van der Waals surface area contributed by atoms with Crippen molar-refractivity contribution < 1.29 is 4.79 Å². The molecule has 4 aromatic rings. The number of aromatic nitrogens is 3. The van der Waals surface area contributed by atoms with Gasteiger partial charge < -0.3 is 4.90 Å². The Balaban J connectivity index is 1.45. The van der Waals surface area contributed by atoms with Crippen LogP contribution in [-0.2, 0) is 4.79 Å². The Morgan fingerprint density at radius 2 is 2.00 bits per heavy atom. The van der Waals surface area contributed by atoms with E-state index in [0.717, 1.165) is 35.1 Å². The molecule has 0 spiro atoms. The van der Waals surface area contributed by atoms with Gasteiger partial charge in [-0.1, -0.05) is 48.2 Å². The lowest BCUT2D eigenvalue weighted by molar-refractivity contribution is -0.125. The minimum Gasteiger partial charge on any atom is -0.337 e. The molecule has 32 heavy (non-hydrogen) atoms. The molecule has 1 aliphatic rings. The van der Waals surface area contributed by atoms with Crippen LogP contribution in [0.1, 0.15) is 18.0 Å². The number of aryl methyl sites for hydroxylation is 1. The average molecular weight is 441 g/mol. The van der Waals surface area contributed by atoms with Crippen LogP contribution in [0.15, 0.2) is 89.4 Å². The Kier molecular flexibility index (Phi) is 5.53. The Bertz CT molecular complexity index is 1290. The van der Waals surface area contributed by atoms with E-state index in [2.05, 4.69) is 71.7 Å². The van der Waals surface area contributed by atoms with Crippen LogP contribution in [0.25, 0.3) is 22.2 Å². The van der Waals surface area contributed by atoms with E-state index in [-0.39, 0.29) is 11.9 Å². The molecule has 1 fully saturated rings. The molecule has 3 heterocycles. The van der Waals surface area contributed by atoms with Gasteiger partial charge in [-0.05, 0) is 49.8 Å². The third-order valence-electron chi connectivity index (χ3n) is 5.86. The Morgan fingerprint density at radius 3 is 2.78 bits per heavy atom. The minimum atomic E-state index is -0.0208. The van der Waals surface area contributed by atoms with E-state index in [1.165, 1.54) is 21.4 Å². The predicted molar refractivity (Wildman–Crippen MR) is 129 cm³/mol. The molecule has 0 N–H and O–H groups in total. The highest BCUT2D eigenvalue weighted by Crippen LogP contribution is 2.34. The lowest BCUT2D eigenvalue weighted by Crippen LogP contribution is -2.27. The summed E-state index contributed by atoms with van der Waals surface area (Å²) in [6.45, 7) is 7.09. The number of hydrogen-bond acceptors (Lipinski definition) is 4. The predicted octanol–water partition coefficient (Wildman–Crippen LogP) is 5.52. The van der Waals surface area contributed by atoms with Crippen molar-refractivity contribution in [2.75, 3.05) is 13.1 Å². The number of carbonyl (C=O) groups excluding carboxylic acids is 1. The standard InChI is InChI=1S/C26H24N4OS/c1-3-25(31)29-14-12-20(17-29)30-24-11-13-27-16-23(24)26(28-30)19-7-9-21(10-8-19)32-22-6-4-5-18(2)15-22/h3-11,13,15-16,20H,1,12,14,17H2,2H3/t20-/m1/s1. The van der Waals surface area contributed by atoms with E-state index in [1.54, 1.807) is 18.0 Å². The van der Waals surface area contributed by atoms with Crippen molar-refractivity contribution in [1.82, 2.24) is 19.7 Å². The molecular weight excluding hydrogens is 416 g/mol. The number of benzene rings is 2. The van der Waals surface area contributed by atoms with Gasteiger partial charge in [0.15, 0.2) is 0 Å². The number of rotatable bonds is 5. The smallest absolute Gasteiger partial charge is 0.246 e. The number of hydrogen-bond donors (Lipinski definition) is 0. The number of likely N-dealkylation sites (tertiary alicyclic amines) is 1. The van der Waals surface area contributed by atoms with Crippen molar-refractivity contribution in [3.8, 4) is 11.3 Å². The summed E-state index contributed by atoms with van der Waals surface area (Å²) in [5.74, 6) is -0.0208. The first-order valence-electron chi connectivity index (χ1n) is 10.7. The van der Waals surface area contributed by atoms with Gasteiger partial charge >= 0.3 is 0 Å². The highest BCUT2D eigenvalue weighted by molar-refractivity contribution is 7.99. The van der Waals surface area contributed by atoms with Gasteiger partial charge in [0.1, 0.15) is 5.69 Å². The van der Waals surface area contributed by atoms with Crippen LogP contribution in [0.3, 0.4) is 0 Å². The van der Waals surface area contributed by atoms with E-state index in [1.807, 2.05) is 17.2 Å². The topological polar surface area (TPSA) is 51.0 Å². The van der Waals surface area contributed by atoms with Crippen LogP contribution in [-0.4, -0.2) is 38.7 Å². The normalized spacial score (nSPS) is 15.9. The lowest BCUT2D eigenvalue weighted by Gasteiger charge is -2.15. The molecule has 2 aromatic heterocycles. The minimum absolute atomic E-state index is 0.0208. The van der Waals surface area contributed by atoms with Crippen molar-refractivity contribution in [1.29, 1.82) is 0 Å². The number of pyridine rings is 1. The first-order valence-corrected chi connectivity index (χ1v) is 11.5. The van der Waals surface area contributed by atoms with Crippen LogP contribution in [0.4, 0.5) is 0 Å². The van der Waals surface area contributed by atoms with Crippen molar-refractivity contribution in [2.24, 2.45) is 0 Å². The largest absolute Gasteiger partial charge is 0.337 e. The lowest BCUT2D eigenvalue weighted by atomic mass is 10.1. The molecule has 160 valence electrons. The van der Waals surface area contributed by atoms with Crippen LogP contribution in [0.2, 0.25) is 0 Å². The molecule has 5 nitrogen and oxygen atoms in total. The van der Waals surface area contributed by atoms with Crippen LogP contribution in [0.5, 0.6) is 0 Å². The van der Waals surface area contributed by atoms with Gasteiger partial charge in [0.05, 0.1) is 11.6 Å². The molecule has 5 rings (SSSR count). The first-order chi connectivity index (χ1) is 15.6. The van der Waals surface area contributed by atoms with Gasteiger partial charge in [-0.3, -0.25) is 14.5 Å². The van der Waals surface area contributed by atoms with Crippen LogP contribution < -0.4 is 0 Å². The van der Waals surface area contributed by atoms with E-state index in [9.17, 15) is 4.79 Å². The third-order valence-corrected chi connectivity index (χ3v) is 6.85. The summed E-state index contributed by atoms with van der Waals surface area (Å²) >= 11 is 1.76.